The Morgan fingerprint density at radius 1 is 0.302 bits per heavy atom. The molecular weight excluding hydrogens is 765 g/mol. The van der Waals surface area contributed by atoms with Gasteiger partial charge in [-0.05, 0) is 94.0 Å². The molecule has 63 heavy (non-hydrogen) atoms. The van der Waals surface area contributed by atoms with Crippen LogP contribution in [0.25, 0.3) is 93.9 Å². The molecule has 2 heterocycles. The summed E-state index contributed by atoms with van der Waals surface area (Å²) in [6, 6.07) is 87.1. The van der Waals surface area contributed by atoms with Crippen molar-refractivity contribution in [3.63, 3.8) is 0 Å². The van der Waals surface area contributed by atoms with Crippen molar-refractivity contribution in [1.82, 2.24) is 4.57 Å². The van der Waals surface area contributed by atoms with Crippen molar-refractivity contribution >= 4 is 60.8 Å². The minimum Gasteiger partial charge on any atom is -0.455 e. The number of aromatic nitrogens is 1. The van der Waals surface area contributed by atoms with E-state index in [-0.39, 0.29) is 0 Å². The van der Waals surface area contributed by atoms with Crippen LogP contribution in [-0.2, 0) is 0 Å². The summed E-state index contributed by atoms with van der Waals surface area (Å²) in [7, 11) is 0. The fraction of sp³-hybridized carbons (Fsp3) is 0. The molecule has 0 aliphatic rings. The highest BCUT2D eigenvalue weighted by Gasteiger charge is 2.19. The first-order valence-corrected chi connectivity index (χ1v) is 21.5. The van der Waals surface area contributed by atoms with Gasteiger partial charge in [0, 0.05) is 49.7 Å². The molecule has 0 bridgehead atoms. The predicted molar refractivity (Wildman–Crippen MR) is 264 cm³/mol. The summed E-state index contributed by atoms with van der Waals surface area (Å²) in [6.45, 7) is 0. The van der Waals surface area contributed by atoms with Gasteiger partial charge in [0.2, 0.25) is 0 Å². The minimum absolute atomic E-state index is 0.894. The van der Waals surface area contributed by atoms with Crippen LogP contribution >= 0.6 is 0 Å². The summed E-state index contributed by atoms with van der Waals surface area (Å²) in [5.74, 6) is 0. The van der Waals surface area contributed by atoms with Gasteiger partial charge >= 0.3 is 0 Å². The number of anilines is 3. The average Bonchev–Trinajstić information content (AvgIpc) is 3.91. The van der Waals surface area contributed by atoms with E-state index < -0.39 is 0 Å². The van der Waals surface area contributed by atoms with Crippen LogP contribution in [0.3, 0.4) is 0 Å². The molecule has 2 aromatic heterocycles. The van der Waals surface area contributed by atoms with Crippen molar-refractivity contribution in [3.05, 3.63) is 243 Å². The Balaban J connectivity index is 0.992. The molecule has 296 valence electrons. The van der Waals surface area contributed by atoms with E-state index in [0.717, 1.165) is 72.5 Å². The highest BCUT2D eigenvalue weighted by molar-refractivity contribution is 6.11. The highest BCUT2D eigenvalue weighted by atomic mass is 16.3. The zero-order valence-corrected chi connectivity index (χ0v) is 34.4. The number of rotatable bonds is 8. The maximum absolute atomic E-state index is 6.54. The van der Waals surface area contributed by atoms with Crippen LogP contribution in [0, 0.1) is 0 Å². The Morgan fingerprint density at radius 2 is 0.762 bits per heavy atom. The molecule has 0 saturated carbocycles. The molecule has 10 aromatic carbocycles. The lowest BCUT2D eigenvalue weighted by Crippen LogP contribution is -2.10. The van der Waals surface area contributed by atoms with Gasteiger partial charge in [-0.15, -0.1) is 0 Å². The average molecular weight is 805 g/mol. The fourth-order valence-corrected chi connectivity index (χ4v) is 9.43. The molecule has 0 aliphatic carbocycles. The lowest BCUT2D eigenvalue weighted by Gasteiger charge is -2.27. The van der Waals surface area contributed by atoms with Crippen LogP contribution in [0.15, 0.2) is 247 Å². The van der Waals surface area contributed by atoms with Gasteiger partial charge < -0.3 is 13.9 Å². The third-order valence-electron chi connectivity index (χ3n) is 12.4. The monoisotopic (exact) mass is 804 g/mol. The second kappa shape index (κ2) is 15.3. The molecule has 0 atom stereocenters. The smallest absolute Gasteiger partial charge is 0.143 e. The number of hydrogen-bond donors (Lipinski definition) is 0. The summed E-state index contributed by atoms with van der Waals surface area (Å²) in [6.07, 6.45) is 0. The van der Waals surface area contributed by atoms with E-state index in [4.69, 9.17) is 4.42 Å². The molecular formula is C60H40N2O. The molecule has 0 unspecified atom stereocenters. The molecule has 0 fully saturated rings. The van der Waals surface area contributed by atoms with Crippen LogP contribution in [0.2, 0.25) is 0 Å². The Bertz CT molecular complexity index is 3560. The number of benzene rings is 10. The lowest BCUT2D eigenvalue weighted by atomic mass is 9.99. The zero-order valence-electron chi connectivity index (χ0n) is 34.4. The first-order valence-electron chi connectivity index (χ1n) is 21.5. The minimum atomic E-state index is 0.894. The Hall–Kier alpha value is -8.40. The van der Waals surface area contributed by atoms with E-state index in [0.29, 0.717) is 0 Å². The quantitative estimate of drug-likeness (QED) is 0.153. The van der Waals surface area contributed by atoms with Crippen molar-refractivity contribution in [3.8, 4) is 50.2 Å². The third kappa shape index (κ3) is 6.38. The topological polar surface area (TPSA) is 21.3 Å². The van der Waals surface area contributed by atoms with Crippen LogP contribution in [0.4, 0.5) is 17.1 Å². The number of fused-ring (bicyclic) bond motifs is 6. The van der Waals surface area contributed by atoms with Crippen LogP contribution in [0.5, 0.6) is 0 Å². The van der Waals surface area contributed by atoms with E-state index in [1.54, 1.807) is 0 Å². The summed E-state index contributed by atoms with van der Waals surface area (Å²) in [5, 5.41) is 4.74. The molecule has 3 nitrogen and oxygen atoms in total. The summed E-state index contributed by atoms with van der Waals surface area (Å²) in [4.78, 5) is 2.37. The first kappa shape index (κ1) is 36.5. The summed E-state index contributed by atoms with van der Waals surface area (Å²) >= 11 is 0. The van der Waals surface area contributed by atoms with Crippen molar-refractivity contribution < 1.29 is 4.42 Å². The highest BCUT2D eigenvalue weighted by Crippen LogP contribution is 2.43. The molecule has 0 aliphatic heterocycles. The van der Waals surface area contributed by atoms with Gasteiger partial charge in [-0.2, -0.15) is 0 Å². The Labute approximate surface area is 366 Å². The largest absolute Gasteiger partial charge is 0.455 e. The maximum Gasteiger partial charge on any atom is 0.143 e. The van der Waals surface area contributed by atoms with Gasteiger partial charge in [0.05, 0.1) is 16.7 Å². The molecule has 0 radical (unpaired) electrons. The molecule has 0 spiro atoms. The fourth-order valence-electron chi connectivity index (χ4n) is 9.43. The van der Waals surface area contributed by atoms with Crippen LogP contribution < -0.4 is 4.90 Å². The van der Waals surface area contributed by atoms with Crippen LogP contribution in [-0.4, -0.2) is 4.57 Å². The van der Waals surface area contributed by atoms with E-state index in [2.05, 4.69) is 240 Å². The van der Waals surface area contributed by atoms with E-state index in [1.165, 1.54) is 38.5 Å². The molecule has 12 rings (SSSR count). The summed E-state index contributed by atoms with van der Waals surface area (Å²) < 4.78 is 8.95. The molecule has 3 heteroatoms. The molecule has 0 N–H and O–H groups in total. The number of furan rings is 1. The maximum atomic E-state index is 6.54. The number of hydrogen-bond acceptors (Lipinski definition) is 2. The Kier molecular flexibility index (Phi) is 8.83. The first-order chi connectivity index (χ1) is 31.2. The normalized spacial score (nSPS) is 11.5. The lowest BCUT2D eigenvalue weighted by molar-refractivity contribution is 0.670. The number of para-hydroxylation sites is 5. The summed E-state index contributed by atoms with van der Waals surface area (Å²) in [5.41, 5.74) is 17.7. The molecule has 0 saturated heterocycles. The van der Waals surface area contributed by atoms with E-state index in [9.17, 15) is 0 Å². The SMILES string of the molecule is c1ccc(-c2ccc(-c3ccc(N(c4cccc(-c5ccccc5-n5c6ccccc6c6ccccc65)c4)c4cccc(-c5cccc6c5oc5ccccc56)c4)cc3)cc2)cc1. The van der Waals surface area contributed by atoms with E-state index in [1.807, 2.05) is 12.1 Å². The number of nitrogens with zero attached hydrogens (tertiary/aromatic N) is 2. The van der Waals surface area contributed by atoms with Crippen molar-refractivity contribution in [2.24, 2.45) is 0 Å². The van der Waals surface area contributed by atoms with Crippen molar-refractivity contribution in [1.29, 1.82) is 0 Å². The third-order valence-corrected chi connectivity index (χ3v) is 12.4. The van der Waals surface area contributed by atoms with Gasteiger partial charge in [0.25, 0.3) is 0 Å². The van der Waals surface area contributed by atoms with Gasteiger partial charge in [0.1, 0.15) is 11.2 Å². The van der Waals surface area contributed by atoms with Crippen molar-refractivity contribution in [2.75, 3.05) is 4.90 Å². The molecule has 12 aromatic rings. The van der Waals surface area contributed by atoms with E-state index >= 15 is 0 Å². The van der Waals surface area contributed by atoms with Gasteiger partial charge in [0.15, 0.2) is 0 Å². The Morgan fingerprint density at radius 3 is 1.43 bits per heavy atom. The second-order valence-corrected chi connectivity index (χ2v) is 16.1. The predicted octanol–water partition coefficient (Wildman–Crippen LogP) is 16.8. The second-order valence-electron chi connectivity index (χ2n) is 16.1. The standard InChI is InChI=1S/C60H40N2O/c1-2-15-41(16-3-1)42-31-33-43(34-32-42)44-35-37-47(38-36-44)61(49-20-13-18-46(40-49)51-25-14-26-55-54-24-7-11-30-59(54)63-60(51)55)48-19-12-17-45(39-48)50-21-4-8-27-56(50)62-57-28-9-5-22-52(57)53-23-6-10-29-58(53)62/h1-40H. The van der Waals surface area contributed by atoms with Gasteiger partial charge in [-0.1, -0.05) is 182 Å². The van der Waals surface area contributed by atoms with Gasteiger partial charge in [-0.3, -0.25) is 0 Å². The zero-order chi connectivity index (χ0) is 41.7. The molecule has 0 amide bonds. The van der Waals surface area contributed by atoms with Crippen LogP contribution in [0.1, 0.15) is 0 Å². The van der Waals surface area contributed by atoms with Gasteiger partial charge in [-0.25, -0.2) is 0 Å². The van der Waals surface area contributed by atoms with Crippen molar-refractivity contribution in [2.45, 2.75) is 0 Å².